The van der Waals surface area contributed by atoms with Gasteiger partial charge in [0.2, 0.25) is 0 Å². The van der Waals surface area contributed by atoms with Gasteiger partial charge in [-0.15, -0.1) is 0 Å². The molecule has 1 fully saturated rings. The largest absolute Gasteiger partial charge is 0.390 e. The van der Waals surface area contributed by atoms with Crippen molar-refractivity contribution in [3.63, 3.8) is 0 Å². The van der Waals surface area contributed by atoms with Crippen molar-refractivity contribution >= 4 is 0 Å². The van der Waals surface area contributed by atoms with Gasteiger partial charge in [-0.3, -0.25) is 0 Å². The maximum absolute atomic E-state index is 9.73. The lowest BCUT2D eigenvalue weighted by molar-refractivity contribution is -0.0524. The molecule has 0 aromatic carbocycles. The molecule has 0 aromatic heterocycles. The number of hydrogen-bond donors (Lipinski definition) is 1. The van der Waals surface area contributed by atoms with E-state index in [-0.39, 0.29) is 5.92 Å². The van der Waals surface area contributed by atoms with Crippen LogP contribution in [0.1, 0.15) is 12.8 Å². The Balaban J connectivity index is 2.04. The summed E-state index contributed by atoms with van der Waals surface area (Å²) in [4.78, 5) is 0. The highest BCUT2D eigenvalue weighted by atomic mass is 16.5. The standard InChI is InChI=1S/C10H20O4/c1-12-5-6-14-8-10(11)9-3-2-4-13-7-9/h9-11H,2-8H2,1H3. The van der Waals surface area contributed by atoms with E-state index in [2.05, 4.69) is 0 Å². The SMILES string of the molecule is COCCOCC(O)C1CCCOC1. The second-order valence-corrected chi connectivity index (χ2v) is 3.61. The molecule has 1 rings (SSSR count). The number of ether oxygens (including phenoxy) is 3. The number of aliphatic hydroxyl groups excluding tert-OH is 1. The Morgan fingerprint density at radius 2 is 2.36 bits per heavy atom. The minimum Gasteiger partial charge on any atom is -0.390 e. The summed E-state index contributed by atoms with van der Waals surface area (Å²) in [5.74, 6) is 0.242. The van der Waals surface area contributed by atoms with Gasteiger partial charge in [-0.05, 0) is 12.8 Å². The maximum atomic E-state index is 9.73. The lowest BCUT2D eigenvalue weighted by atomic mass is 9.96. The number of rotatable bonds is 6. The minimum absolute atomic E-state index is 0.242. The van der Waals surface area contributed by atoms with Crippen LogP contribution >= 0.6 is 0 Å². The molecule has 84 valence electrons. The van der Waals surface area contributed by atoms with E-state index in [4.69, 9.17) is 14.2 Å². The molecular weight excluding hydrogens is 184 g/mol. The van der Waals surface area contributed by atoms with Gasteiger partial charge in [0.15, 0.2) is 0 Å². The Kier molecular flexibility index (Phi) is 6.10. The Bertz CT molecular complexity index is 134. The van der Waals surface area contributed by atoms with Crippen LogP contribution < -0.4 is 0 Å². The van der Waals surface area contributed by atoms with E-state index in [1.807, 2.05) is 0 Å². The molecule has 1 heterocycles. The highest BCUT2D eigenvalue weighted by molar-refractivity contribution is 4.71. The summed E-state index contributed by atoms with van der Waals surface area (Å²) in [6, 6.07) is 0. The van der Waals surface area contributed by atoms with Gasteiger partial charge in [-0.2, -0.15) is 0 Å². The monoisotopic (exact) mass is 204 g/mol. The highest BCUT2D eigenvalue weighted by Gasteiger charge is 2.22. The molecule has 0 aliphatic carbocycles. The normalized spacial score (nSPS) is 24.9. The zero-order valence-corrected chi connectivity index (χ0v) is 8.78. The van der Waals surface area contributed by atoms with Gasteiger partial charge in [0, 0.05) is 19.6 Å². The Morgan fingerprint density at radius 1 is 1.50 bits per heavy atom. The van der Waals surface area contributed by atoms with Gasteiger partial charge >= 0.3 is 0 Å². The van der Waals surface area contributed by atoms with E-state index < -0.39 is 6.10 Å². The number of methoxy groups -OCH3 is 1. The molecule has 1 N–H and O–H groups in total. The second-order valence-electron chi connectivity index (χ2n) is 3.61. The topological polar surface area (TPSA) is 47.9 Å². The second kappa shape index (κ2) is 7.17. The molecule has 0 spiro atoms. The third-order valence-electron chi connectivity index (χ3n) is 2.46. The molecule has 1 saturated heterocycles. The summed E-state index contributed by atoms with van der Waals surface area (Å²) in [5, 5.41) is 9.73. The first-order valence-electron chi connectivity index (χ1n) is 5.17. The minimum atomic E-state index is -0.396. The summed E-state index contributed by atoms with van der Waals surface area (Å²) < 4.78 is 15.4. The van der Waals surface area contributed by atoms with Gasteiger partial charge < -0.3 is 19.3 Å². The molecule has 0 saturated carbocycles. The predicted octanol–water partition coefficient (Wildman–Crippen LogP) is 0.437. The molecule has 0 amide bonds. The zero-order valence-electron chi connectivity index (χ0n) is 8.78. The van der Waals surface area contributed by atoms with Crippen LogP contribution in [0, 0.1) is 5.92 Å². The molecule has 2 atom stereocenters. The van der Waals surface area contributed by atoms with E-state index in [1.54, 1.807) is 7.11 Å². The van der Waals surface area contributed by atoms with Gasteiger partial charge in [0.25, 0.3) is 0 Å². The van der Waals surface area contributed by atoms with Crippen LogP contribution in [0.4, 0.5) is 0 Å². The summed E-state index contributed by atoms with van der Waals surface area (Å²) in [6.45, 7) is 3.00. The van der Waals surface area contributed by atoms with Crippen LogP contribution in [0.3, 0.4) is 0 Å². The van der Waals surface area contributed by atoms with Crippen molar-refractivity contribution in [1.82, 2.24) is 0 Å². The Morgan fingerprint density at radius 3 is 3.00 bits per heavy atom. The summed E-state index contributed by atoms with van der Waals surface area (Å²) in [5.41, 5.74) is 0. The molecule has 14 heavy (non-hydrogen) atoms. The Labute approximate surface area is 85.2 Å². The third-order valence-corrected chi connectivity index (χ3v) is 2.46. The van der Waals surface area contributed by atoms with Gasteiger partial charge in [0.05, 0.1) is 32.5 Å². The Hall–Kier alpha value is -0.160. The van der Waals surface area contributed by atoms with Crippen molar-refractivity contribution in [2.75, 3.05) is 40.1 Å². The van der Waals surface area contributed by atoms with E-state index in [0.29, 0.717) is 26.4 Å². The molecule has 4 heteroatoms. The average Bonchev–Trinajstić information content (AvgIpc) is 2.25. The first-order valence-corrected chi connectivity index (χ1v) is 5.17. The molecule has 2 unspecified atom stereocenters. The van der Waals surface area contributed by atoms with Crippen LogP contribution in [-0.2, 0) is 14.2 Å². The summed E-state index contributed by atoms with van der Waals surface area (Å²) in [6.07, 6.45) is 1.68. The molecule has 0 radical (unpaired) electrons. The lowest BCUT2D eigenvalue weighted by Gasteiger charge is -2.26. The van der Waals surface area contributed by atoms with Crippen molar-refractivity contribution in [3.8, 4) is 0 Å². The quantitative estimate of drug-likeness (QED) is 0.638. The smallest absolute Gasteiger partial charge is 0.0823 e. The van der Waals surface area contributed by atoms with E-state index in [9.17, 15) is 5.11 Å². The van der Waals surface area contributed by atoms with Crippen molar-refractivity contribution in [2.45, 2.75) is 18.9 Å². The molecule has 4 nitrogen and oxygen atoms in total. The van der Waals surface area contributed by atoms with Gasteiger partial charge in [0.1, 0.15) is 0 Å². The molecular formula is C10H20O4. The molecule has 1 aliphatic rings. The van der Waals surface area contributed by atoms with Crippen molar-refractivity contribution in [1.29, 1.82) is 0 Å². The van der Waals surface area contributed by atoms with E-state index in [1.165, 1.54) is 0 Å². The molecule has 1 aliphatic heterocycles. The van der Waals surface area contributed by atoms with Crippen LogP contribution in [0.15, 0.2) is 0 Å². The highest BCUT2D eigenvalue weighted by Crippen LogP contribution is 2.17. The zero-order chi connectivity index (χ0) is 10.2. The molecule has 0 bridgehead atoms. The first-order chi connectivity index (χ1) is 6.84. The number of aliphatic hydroxyl groups is 1. The van der Waals surface area contributed by atoms with E-state index >= 15 is 0 Å². The van der Waals surface area contributed by atoms with Crippen molar-refractivity contribution in [3.05, 3.63) is 0 Å². The summed E-state index contributed by atoms with van der Waals surface area (Å²) in [7, 11) is 1.63. The average molecular weight is 204 g/mol. The van der Waals surface area contributed by atoms with Crippen LogP contribution in [0.5, 0.6) is 0 Å². The fraction of sp³-hybridized carbons (Fsp3) is 1.00. The fourth-order valence-electron chi connectivity index (χ4n) is 1.55. The van der Waals surface area contributed by atoms with Crippen LogP contribution in [-0.4, -0.2) is 51.4 Å². The lowest BCUT2D eigenvalue weighted by Crippen LogP contribution is -2.32. The first kappa shape index (κ1) is 11.9. The van der Waals surface area contributed by atoms with Gasteiger partial charge in [-0.1, -0.05) is 0 Å². The fourth-order valence-corrected chi connectivity index (χ4v) is 1.55. The molecule has 0 aromatic rings. The third kappa shape index (κ3) is 4.37. The van der Waals surface area contributed by atoms with Crippen LogP contribution in [0.2, 0.25) is 0 Å². The number of hydrogen-bond acceptors (Lipinski definition) is 4. The predicted molar refractivity (Wildman–Crippen MR) is 52.2 cm³/mol. The van der Waals surface area contributed by atoms with Crippen LogP contribution in [0.25, 0.3) is 0 Å². The van der Waals surface area contributed by atoms with E-state index in [0.717, 1.165) is 19.4 Å². The summed E-state index contributed by atoms with van der Waals surface area (Å²) >= 11 is 0. The maximum Gasteiger partial charge on any atom is 0.0823 e. The van der Waals surface area contributed by atoms with Gasteiger partial charge in [-0.25, -0.2) is 0 Å². The van der Waals surface area contributed by atoms with Crippen molar-refractivity contribution in [2.24, 2.45) is 5.92 Å². The van der Waals surface area contributed by atoms with Crippen molar-refractivity contribution < 1.29 is 19.3 Å².